The van der Waals surface area contributed by atoms with E-state index in [0.29, 0.717) is 13.0 Å². The van der Waals surface area contributed by atoms with Crippen LogP contribution in [-0.2, 0) is 4.79 Å². The number of hydrogen-bond donors (Lipinski definition) is 3. The SMILES string of the molecule is [2H]OC1CN[C@@H](C(=O)O)C1. The highest BCUT2D eigenvalue weighted by Gasteiger charge is 2.27. The summed E-state index contributed by atoms with van der Waals surface area (Å²) in [6.07, 6.45) is 0.125. The van der Waals surface area contributed by atoms with Crippen LogP contribution in [0.25, 0.3) is 0 Å². The molecule has 3 N–H and O–H groups in total. The van der Waals surface area contributed by atoms with Crippen molar-refractivity contribution in [2.75, 3.05) is 6.54 Å². The van der Waals surface area contributed by atoms with Gasteiger partial charge in [-0.05, 0) is 0 Å². The Balaban J connectivity index is 2.35. The Hall–Kier alpha value is -0.610. The smallest absolute Gasteiger partial charge is 0.320 e. The number of carboxylic acids is 1. The van der Waals surface area contributed by atoms with Crippen molar-refractivity contribution in [3.8, 4) is 0 Å². The van der Waals surface area contributed by atoms with Crippen LogP contribution in [0.15, 0.2) is 0 Å². The molecule has 0 radical (unpaired) electrons. The number of nitrogens with one attached hydrogen (secondary N) is 1. The Morgan fingerprint density at radius 2 is 2.67 bits per heavy atom. The lowest BCUT2D eigenvalue weighted by atomic mass is 10.2. The maximum atomic E-state index is 10.3. The molecule has 0 saturated carbocycles. The van der Waals surface area contributed by atoms with Gasteiger partial charge in [-0.25, -0.2) is 0 Å². The average molecular weight is 132 g/mol. The van der Waals surface area contributed by atoms with Crippen LogP contribution in [0.2, 0.25) is 0 Å². The molecule has 2 atom stereocenters. The van der Waals surface area contributed by atoms with Crippen molar-refractivity contribution < 1.29 is 15.0 Å². The van der Waals surface area contributed by atoms with Gasteiger partial charge in [0.25, 0.3) is 0 Å². The number of aliphatic hydroxyl groups is 1. The average Bonchev–Trinajstić information content (AvgIpc) is 2.34. The number of aliphatic hydroxyl groups excluding tert-OH is 1. The van der Waals surface area contributed by atoms with Gasteiger partial charge >= 0.3 is 5.97 Å². The topological polar surface area (TPSA) is 69.6 Å². The highest BCUT2D eigenvalue weighted by molar-refractivity contribution is 5.73. The van der Waals surface area contributed by atoms with Crippen molar-refractivity contribution in [2.45, 2.75) is 18.6 Å². The van der Waals surface area contributed by atoms with E-state index in [9.17, 15) is 4.79 Å². The minimum absolute atomic E-state index is 0.263. The number of carboxylic acid groups (broad SMARTS) is 1. The first-order chi connectivity index (χ1) is 4.74. The van der Waals surface area contributed by atoms with E-state index in [-0.39, 0.29) is 6.10 Å². The van der Waals surface area contributed by atoms with Gasteiger partial charge < -0.3 is 15.5 Å². The molecule has 0 aromatic carbocycles. The molecular formula is C5H9NO3. The molecule has 1 unspecified atom stereocenters. The summed E-state index contributed by atoms with van der Waals surface area (Å²) in [4.78, 5) is 10.3. The first-order valence-electron chi connectivity index (χ1n) is 3.23. The molecule has 9 heavy (non-hydrogen) atoms. The molecule has 1 aliphatic rings. The molecule has 1 heterocycles. The fourth-order valence-electron chi connectivity index (χ4n) is 0.891. The third-order valence-electron chi connectivity index (χ3n) is 1.39. The second-order valence-corrected chi connectivity index (χ2v) is 2.16. The van der Waals surface area contributed by atoms with E-state index in [1.165, 1.54) is 0 Å². The van der Waals surface area contributed by atoms with E-state index >= 15 is 0 Å². The Labute approximate surface area is 54.0 Å². The van der Waals surface area contributed by atoms with Crippen LogP contribution in [0.5, 0.6) is 0 Å². The summed E-state index contributed by atoms with van der Waals surface area (Å²) in [6, 6.07) is -0.532. The van der Waals surface area contributed by atoms with Crippen molar-refractivity contribution in [3.05, 3.63) is 0 Å². The summed E-state index contributed by atoms with van der Waals surface area (Å²) in [5.74, 6) is -0.875. The fraction of sp³-hybridized carbons (Fsp3) is 0.800. The molecule has 1 fully saturated rings. The highest BCUT2D eigenvalue weighted by atomic mass is 16.4. The third-order valence-corrected chi connectivity index (χ3v) is 1.39. The molecule has 4 nitrogen and oxygen atoms in total. The molecule has 0 aliphatic carbocycles. The molecule has 0 amide bonds. The van der Waals surface area contributed by atoms with Gasteiger partial charge in [-0.1, -0.05) is 0 Å². The lowest BCUT2D eigenvalue weighted by molar-refractivity contribution is -0.139. The van der Waals surface area contributed by atoms with Crippen LogP contribution in [-0.4, -0.2) is 36.3 Å². The van der Waals surface area contributed by atoms with Crippen LogP contribution in [0.4, 0.5) is 0 Å². The van der Waals surface area contributed by atoms with Crippen LogP contribution in [0.1, 0.15) is 6.42 Å². The van der Waals surface area contributed by atoms with Gasteiger partial charge in [0.05, 0.1) is 6.10 Å². The van der Waals surface area contributed by atoms with Crippen molar-refractivity contribution in [1.29, 1.82) is 1.43 Å². The predicted molar refractivity (Wildman–Crippen MR) is 30.1 cm³/mol. The van der Waals surface area contributed by atoms with Crippen LogP contribution >= 0.6 is 0 Å². The van der Waals surface area contributed by atoms with E-state index in [0.717, 1.165) is 0 Å². The number of carbonyl (C=O) groups is 1. The predicted octanol–water partition coefficient (Wildman–Crippen LogP) is -1.21. The standard InChI is InChI=1S/C5H9NO3/c7-3-1-4(5(8)9)6-2-3/h3-4,6-7H,1-2H2,(H,8,9)/t3?,4-/m1/s1/i7D. The van der Waals surface area contributed by atoms with E-state index < -0.39 is 12.0 Å². The number of hydrogen-bond acceptors (Lipinski definition) is 3. The molecule has 0 aromatic heterocycles. The molecule has 1 saturated heterocycles. The van der Waals surface area contributed by atoms with Crippen LogP contribution in [0.3, 0.4) is 0 Å². The Morgan fingerprint density at radius 3 is 3.00 bits per heavy atom. The van der Waals surface area contributed by atoms with Crippen molar-refractivity contribution in [1.82, 2.24) is 5.32 Å². The summed E-state index contributed by atoms with van der Waals surface area (Å²) < 4.78 is 6.50. The summed E-state index contributed by atoms with van der Waals surface area (Å²) in [5.41, 5.74) is 0. The van der Waals surface area contributed by atoms with E-state index in [4.69, 9.17) is 6.54 Å². The third kappa shape index (κ3) is 1.40. The van der Waals surface area contributed by atoms with Gasteiger partial charge in [0.2, 0.25) is 1.43 Å². The van der Waals surface area contributed by atoms with Crippen molar-refractivity contribution >= 4 is 5.97 Å². The normalized spacial score (nSPS) is 36.2. The van der Waals surface area contributed by atoms with Crippen molar-refractivity contribution in [2.24, 2.45) is 0 Å². The molecular weight excluding hydrogens is 122 g/mol. The quantitative estimate of drug-likeness (QED) is 0.441. The zero-order valence-electron chi connectivity index (χ0n) is 5.83. The molecule has 1 aliphatic heterocycles. The second-order valence-electron chi connectivity index (χ2n) is 2.16. The Bertz CT molecular complexity index is 141. The van der Waals surface area contributed by atoms with Gasteiger partial charge in [0, 0.05) is 13.0 Å². The van der Waals surface area contributed by atoms with E-state index in [1.807, 2.05) is 0 Å². The molecule has 4 heteroatoms. The van der Waals surface area contributed by atoms with E-state index in [1.54, 1.807) is 0 Å². The lowest BCUT2D eigenvalue weighted by Gasteiger charge is -1.99. The number of rotatable bonds is 2. The number of β-amino-alcohol motifs (C(OH)–C–C–N with tert-alkyl or cyclic N) is 1. The first kappa shape index (κ1) is 5.20. The van der Waals surface area contributed by atoms with Crippen LogP contribution < -0.4 is 5.32 Å². The highest BCUT2D eigenvalue weighted by Crippen LogP contribution is 2.05. The number of aliphatic carboxylic acids is 1. The first-order valence-corrected chi connectivity index (χ1v) is 2.82. The summed E-state index contributed by atoms with van der Waals surface area (Å²) in [5, 5.41) is 15.4. The summed E-state index contributed by atoms with van der Waals surface area (Å²) >= 11 is 0. The van der Waals surface area contributed by atoms with Crippen LogP contribution in [0, 0.1) is 0 Å². The zero-order valence-corrected chi connectivity index (χ0v) is 4.83. The second kappa shape index (κ2) is 2.33. The lowest BCUT2D eigenvalue weighted by Crippen LogP contribution is -2.29. The molecule has 0 spiro atoms. The van der Waals surface area contributed by atoms with Gasteiger partial charge in [0.1, 0.15) is 6.04 Å². The minimum atomic E-state index is -0.875. The largest absolute Gasteiger partial charge is 0.480 e. The Kier molecular flexibility index (Phi) is 1.34. The molecule has 0 aromatic rings. The zero-order chi connectivity index (χ0) is 7.56. The summed E-state index contributed by atoms with van der Waals surface area (Å²) in [7, 11) is 0. The summed E-state index contributed by atoms with van der Waals surface area (Å²) in [6.45, 7) is 0.459. The maximum Gasteiger partial charge on any atom is 0.320 e. The minimum Gasteiger partial charge on any atom is -0.480 e. The molecule has 0 bridgehead atoms. The maximum absolute atomic E-state index is 10.3. The van der Waals surface area contributed by atoms with Crippen molar-refractivity contribution in [3.63, 3.8) is 0 Å². The molecule has 1 rings (SSSR count). The molecule has 52 valence electrons. The van der Waals surface area contributed by atoms with E-state index in [2.05, 4.69) is 10.4 Å². The van der Waals surface area contributed by atoms with Gasteiger partial charge in [-0.2, -0.15) is 0 Å². The Morgan fingerprint density at radius 1 is 1.89 bits per heavy atom. The van der Waals surface area contributed by atoms with Gasteiger partial charge in [-0.15, -0.1) is 0 Å². The van der Waals surface area contributed by atoms with Gasteiger partial charge in [-0.3, -0.25) is 4.79 Å². The monoisotopic (exact) mass is 132 g/mol. The fourth-order valence-corrected chi connectivity index (χ4v) is 0.891. The van der Waals surface area contributed by atoms with Gasteiger partial charge in [0.15, 0.2) is 0 Å².